The van der Waals surface area contributed by atoms with Crippen LogP contribution in [0.1, 0.15) is 0 Å². The fourth-order valence-corrected chi connectivity index (χ4v) is 2.63. The molecule has 1 aromatic rings. The Kier molecular flexibility index (Phi) is 3.49. The Morgan fingerprint density at radius 3 is 1.71 bits per heavy atom. The van der Waals surface area contributed by atoms with Gasteiger partial charge in [0.1, 0.15) is 0 Å². The first kappa shape index (κ1) is 13.4. The van der Waals surface area contributed by atoms with Crippen molar-refractivity contribution in [3.8, 4) is 0 Å². The molecule has 3 unspecified atom stereocenters. The summed E-state index contributed by atoms with van der Waals surface area (Å²) < 4.78 is 16.0. The second-order valence-electron chi connectivity index (χ2n) is 6.17. The molecule has 3 aliphatic rings. The Balaban J connectivity index is 1.41. The molecule has 0 bridgehead atoms. The van der Waals surface area contributed by atoms with Crippen LogP contribution in [0, 0.1) is 0 Å². The van der Waals surface area contributed by atoms with Gasteiger partial charge >= 0.3 is 0 Å². The Bertz CT molecular complexity index is 467. The van der Waals surface area contributed by atoms with Crippen LogP contribution >= 0.6 is 0 Å². The smallest absolute Gasteiger partial charge is 0.0984 e. The van der Waals surface area contributed by atoms with Gasteiger partial charge in [-0.15, -0.1) is 0 Å². The van der Waals surface area contributed by atoms with Crippen molar-refractivity contribution in [3.05, 3.63) is 24.3 Å². The highest BCUT2D eigenvalue weighted by molar-refractivity contribution is 5.56. The molecular weight excluding hydrogens is 268 g/mol. The van der Waals surface area contributed by atoms with Crippen molar-refractivity contribution >= 4 is 11.4 Å². The third-order valence-corrected chi connectivity index (χ3v) is 4.19. The largest absolute Gasteiger partial charge is 0.372 e. The van der Waals surface area contributed by atoms with Crippen LogP contribution < -0.4 is 9.80 Å². The van der Waals surface area contributed by atoms with E-state index in [1.54, 1.807) is 0 Å². The summed E-state index contributed by atoms with van der Waals surface area (Å²) in [6, 6.07) is 8.77. The van der Waals surface area contributed by atoms with Crippen LogP contribution in [-0.2, 0) is 14.2 Å². The molecule has 0 saturated carbocycles. The van der Waals surface area contributed by atoms with Crippen LogP contribution in [0.25, 0.3) is 0 Å². The van der Waals surface area contributed by atoms with Crippen molar-refractivity contribution in [2.45, 2.75) is 18.3 Å². The first-order chi connectivity index (χ1) is 10.3. The average Bonchev–Trinajstić information content (AvgIpc) is 3.34. The average molecular weight is 290 g/mol. The summed E-state index contributed by atoms with van der Waals surface area (Å²) in [6.45, 7) is 5.58. The highest BCUT2D eigenvalue weighted by Crippen LogP contribution is 2.25. The molecule has 1 aromatic carbocycles. The lowest BCUT2D eigenvalue weighted by Crippen LogP contribution is -2.31. The molecule has 5 nitrogen and oxygen atoms in total. The second-order valence-corrected chi connectivity index (χ2v) is 6.17. The van der Waals surface area contributed by atoms with E-state index in [1.165, 1.54) is 11.4 Å². The minimum atomic E-state index is 0.401. The molecule has 3 saturated heterocycles. The third kappa shape index (κ3) is 3.67. The standard InChI is InChI=1S/C16H22N2O3/c1-17(6-14-9-19-14)12-2-4-13(5-3-12)18(7-15-10-20-15)8-16-11-21-16/h2-5,14-16H,6-11H2,1H3. The number of ether oxygens (including phenoxy) is 3. The first-order valence-electron chi connectivity index (χ1n) is 7.69. The van der Waals surface area contributed by atoms with Crippen molar-refractivity contribution in [3.63, 3.8) is 0 Å². The van der Waals surface area contributed by atoms with Gasteiger partial charge in [0.25, 0.3) is 0 Å². The predicted octanol–water partition coefficient (Wildman–Crippen LogP) is 1.13. The van der Waals surface area contributed by atoms with Gasteiger partial charge in [-0.3, -0.25) is 0 Å². The SMILES string of the molecule is CN(CC1CO1)c1ccc(N(CC2CO2)CC2CO2)cc1. The quantitative estimate of drug-likeness (QED) is 0.671. The summed E-state index contributed by atoms with van der Waals surface area (Å²) >= 11 is 0. The van der Waals surface area contributed by atoms with Gasteiger partial charge in [-0.1, -0.05) is 0 Å². The first-order valence-corrected chi connectivity index (χ1v) is 7.69. The van der Waals surface area contributed by atoms with Crippen LogP contribution in [0.2, 0.25) is 0 Å². The van der Waals surface area contributed by atoms with Gasteiger partial charge in [0.2, 0.25) is 0 Å². The van der Waals surface area contributed by atoms with E-state index in [-0.39, 0.29) is 0 Å². The number of epoxide rings is 3. The van der Waals surface area contributed by atoms with Crippen molar-refractivity contribution in [1.29, 1.82) is 0 Å². The highest BCUT2D eigenvalue weighted by atomic mass is 16.6. The Morgan fingerprint density at radius 1 is 0.810 bits per heavy atom. The maximum absolute atomic E-state index is 5.37. The van der Waals surface area contributed by atoms with E-state index in [1.807, 2.05) is 0 Å². The van der Waals surface area contributed by atoms with Gasteiger partial charge in [0, 0.05) is 38.1 Å². The third-order valence-electron chi connectivity index (χ3n) is 4.19. The summed E-state index contributed by atoms with van der Waals surface area (Å²) in [7, 11) is 2.12. The lowest BCUT2D eigenvalue weighted by atomic mass is 10.2. The minimum Gasteiger partial charge on any atom is -0.372 e. The topological polar surface area (TPSA) is 44.1 Å². The summed E-state index contributed by atoms with van der Waals surface area (Å²) in [6.07, 6.45) is 1.22. The molecule has 0 N–H and O–H groups in total. The zero-order valence-electron chi connectivity index (χ0n) is 12.4. The Hall–Kier alpha value is -1.30. The number of nitrogens with zero attached hydrogens (tertiary/aromatic N) is 2. The molecule has 0 aliphatic carbocycles. The molecule has 3 atom stereocenters. The molecule has 3 fully saturated rings. The minimum absolute atomic E-state index is 0.401. The van der Waals surface area contributed by atoms with E-state index in [2.05, 4.69) is 41.1 Å². The molecule has 4 rings (SSSR count). The van der Waals surface area contributed by atoms with E-state index < -0.39 is 0 Å². The molecule has 0 spiro atoms. The molecule has 21 heavy (non-hydrogen) atoms. The van der Waals surface area contributed by atoms with Gasteiger partial charge in [-0.25, -0.2) is 0 Å². The highest BCUT2D eigenvalue weighted by Gasteiger charge is 2.31. The normalized spacial score (nSPS) is 29.1. The number of hydrogen-bond acceptors (Lipinski definition) is 5. The van der Waals surface area contributed by atoms with E-state index in [0.29, 0.717) is 18.3 Å². The Morgan fingerprint density at radius 2 is 1.24 bits per heavy atom. The van der Waals surface area contributed by atoms with Crippen LogP contribution in [0.4, 0.5) is 11.4 Å². The van der Waals surface area contributed by atoms with E-state index >= 15 is 0 Å². The van der Waals surface area contributed by atoms with Crippen LogP contribution in [0.5, 0.6) is 0 Å². The zero-order chi connectivity index (χ0) is 14.2. The molecule has 3 heterocycles. The second kappa shape index (κ2) is 5.48. The van der Waals surface area contributed by atoms with Gasteiger partial charge < -0.3 is 24.0 Å². The number of likely N-dealkylation sites (N-methyl/N-ethyl adjacent to an activating group) is 1. The monoisotopic (exact) mass is 290 g/mol. The number of hydrogen-bond donors (Lipinski definition) is 0. The van der Waals surface area contributed by atoms with Gasteiger partial charge in [0.15, 0.2) is 0 Å². The van der Waals surface area contributed by atoms with Crippen molar-refractivity contribution in [1.82, 2.24) is 0 Å². The van der Waals surface area contributed by atoms with Crippen LogP contribution in [0.3, 0.4) is 0 Å². The van der Waals surface area contributed by atoms with E-state index in [4.69, 9.17) is 14.2 Å². The molecule has 3 aliphatic heterocycles. The van der Waals surface area contributed by atoms with Crippen LogP contribution in [0.15, 0.2) is 24.3 Å². The fourth-order valence-electron chi connectivity index (χ4n) is 2.63. The van der Waals surface area contributed by atoms with Crippen LogP contribution in [-0.4, -0.2) is 64.8 Å². The summed E-state index contributed by atoms with van der Waals surface area (Å²) in [4.78, 5) is 4.63. The maximum atomic E-state index is 5.37. The number of rotatable bonds is 8. The summed E-state index contributed by atoms with van der Waals surface area (Å²) in [5, 5.41) is 0. The molecule has 0 amide bonds. The van der Waals surface area contributed by atoms with Crippen molar-refractivity contribution in [2.75, 3.05) is 56.3 Å². The molecule has 114 valence electrons. The van der Waals surface area contributed by atoms with E-state index in [0.717, 1.165) is 39.5 Å². The predicted molar refractivity (Wildman–Crippen MR) is 81.1 cm³/mol. The zero-order valence-corrected chi connectivity index (χ0v) is 12.4. The molecule has 0 radical (unpaired) electrons. The van der Waals surface area contributed by atoms with Gasteiger partial charge in [-0.2, -0.15) is 0 Å². The van der Waals surface area contributed by atoms with Gasteiger partial charge in [0.05, 0.1) is 38.1 Å². The number of benzene rings is 1. The summed E-state index contributed by atoms with van der Waals surface area (Å²) in [5.74, 6) is 0. The molecular formula is C16H22N2O3. The van der Waals surface area contributed by atoms with Crippen molar-refractivity contribution in [2.24, 2.45) is 0 Å². The molecule has 5 heteroatoms. The fraction of sp³-hybridized carbons (Fsp3) is 0.625. The lowest BCUT2D eigenvalue weighted by Gasteiger charge is -2.25. The van der Waals surface area contributed by atoms with E-state index in [9.17, 15) is 0 Å². The van der Waals surface area contributed by atoms with Gasteiger partial charge in [-0.05, 0) is 24.3 Å². The van der Waals surface area contributed by atoms with Crippen molar-refractivity contribution < 1.29 is 14.2 Å². The maximum Gasteiger partial charge on any atom is 0.0984 e. The number of anilines is 2. The molecule has 0 aromatic heterocycles. The Labute approximate surface area is 125 Å². The lowest BCUT2D eigenvalue weighted by molar-refractivity contribution is 0.389. The summed E-state index contributed by atoms with van der Waals surface area (Å²) in [5.41, 5.74) is 2.49.